The normalized spacial score (nSPS) is 23.1. The van der Waals surface area contributed by atoms with Crippen LogP contribution in [0.3, 0.4) is 0 Å². The molecule has 1 aromatic heterocycles. The van der Waals surface area contributed by atoms with E-state index in [2.05, 4.69) is 45.1 Å². The van der Waals surface area contributed by atoms with Crippen LogP contribution in [0.2, 0.25) is 0 Å². The lowest BCUT2D eigenvalue weighted by atomic mass is 9.91. The van der Waals surface area contributed by atoms with Crippen LogP contribution in [0, 0.1) is 12.8 Å². The first-order valence-corrected chi connectivity index (χ1v) is 8.38. The predicted octanol–water partition coefficient (Wildman–Crippen LogP) is 3.18. The second-order valence-corrected chi connectivity index (χ2v) is 7.52. The SMILES string of the molecule is Cc1ccc(CN(C(=O)[C@H]2CCN[C@@H](C)C2)C(C)C)s1. The lowest BCUT2D eigenvalue weighted by Gasteiger charge is -2.34. The predicted molar refractivity (Wildman–Crippen MR) is 84.9 cm³/mol. The third-order valence-electron chi connectivity index (χ3n) is 4.00. The van der Waals surface area contributed by atoms with Crippen molar-refractivity contribution in [3.63, 3.8) is 0 Å². The molecule has 20 heavy (non-hydrogen) atoms. The number of hydrogen-bond donors (Lipinski definition) is 1. The summed E-state index contributed by atoms with van der Waals surface area (Å²) in [5.74, 6) is 0.522. The van der Waals surface area contributed by atoms with Gasteiger partial charge in [-0.15, -0.1) is 11.3 Å². The minimum absolute atomic E-state index is 0.190. The molecule has 0 unspecified atom stereocenters. The van der Waals surface area contributed by atoms with E-state index >= 15 is 0 Å². The van der Waals surface area contributed by atoms with Crippen molar-refractivity contribution in [3.8, 4) is 0 Å². The van der Waals surface area contributed by atoms with E-state index < -0.39 is 0 Å². The summed E-state index contributed by atoms with van der Waals surface area (Å²) in [6.45, 7) is 10.2. The second-order valence-electron chi connectivity index (χ2n) is 6.15. The Morgan fingerprint density at radius 2 is 2.25 bits per heavy atom. The molecule has 112 valence electrons. The third-order valence-corrected chi connectivity index (χ3v) is 4.99. The standard InChI is InChI=1S/C16H26N2OS/c1-11(2)18(10-15-6-5-13(4)20-15)16(19)14-7-8-17-12(3)9-14/h5-6,11-12,14,17H,7-10H2,1-4H3/t12-,14-/m0/s1. The topological polar surface area (TPSA) is 32.3 Å². The maximum atomic E-state index is 12.8. The molecule has 0 radical (unpaired) electrons. The van der Waals surface area contributed by atoms with Gasteiger partial charge in [0.1, 0.15) is 0 Å². The average Bonchev–Trinajstić information content (AvgIpc) is 2.80. The van der Waals surface area contributed by atoms with Gasteiger partial charge in [-0.25, -0.2) is 0 Å². The lowest BCUT2D eigenvalue weighted by molar-refractivity contribution is -0.139. The van der Waals surface area contributed by atoms with Gasteiger partial charge in [-0.1, -0.05) is 0 Å². The molecule has 1 amide bonds. The third kappa shape index (κ3) is 3.83. The molecule has 1 aliphatic heterocycles. The monoisotopic (exact) mass is 294 g/mol. The molecular weight excluding hydrogens is 268 g/mol. The van der Waals surface area contributed by atoms with Crippen LogP contribution < -0.4 is 5.32 Å². The Bertz CT molecular complexity index is 455. The Morgan fingerprint density at radius 1 is 1.50 bits per heavy atom. The van der Waals surface area contributed by atoms with E-state index in [1.807, 2.05) is 4.90 Å². The van der Waals surface area contributed by atoms with Gasteiger partial charge < -0.3 is 10.2 Å². The number of piperidine rings is 1. The fraction of sp³-hybridized carbons (Fsp3) is 0.688. The average molecular weight is 294 g/mol. The van der Waals surface area contributed by atoms with Crippen molar-refractivity contribution in [2.75, 3.05) is 6.54 Å². The van der Waals surface area contributed by atoms with E-state index in [4.69, 9.17) is 0 Å². The fourth-order valence-corrected chi connectivity index (χ4v) is 3.73. The molecule has 0 aliphatic carbocycles. The van der Waals surface area contributed by atoms with Crippen molar-refractivity contribution < 1.29 is 4.79 Å². The maximum absolute atomic E-state index is 12.8. The second kappa shape index (κ2) is 6.72. The zero-order valence-corrected chi connectivity index (χ0v) is 13.8. The summed E-state index contributed by atoms with van der Waals surface area (Å²) in [4.78, 5) is 17.4. The highest BCUT2D eigenvalue weighted by Crippen LogP contribution is 2.23. The highest BCUT2D eigenvalue weighted by molar-refractivity contribution is 7.11. The number of carbonyl (C=O) groups excluding carboxylic acids is 1. The quantitative estimate of drug-likeness (QED) is 0.925. The Kier molecular flexibility index (Phi) is 5.22. The summed E-state index contributed by atoms with van der Waals surface area (Å²) in [7, 11) is 0. The zero-order valence-electron chi connectivity index (χ0n) is 13.0. The van der Waals surface area contributed by atoms with Gasteiger partial charge >= 0.3 is 0 Å². The molecule has 1 N–H and O–H groups in total. The fourth-order valence-electron chi connectivity index (χ4n) is 2.84. The number of carbonyl (C=O) groups is 1. The molecule has 0 aromatic carbocycles. The van der Waals surface area contributed by atoms with Crippen molar-refractivity contribution in [2.24, 2.45) is 5.92 Å². The smallest absolute Gasteiger partial charge is 0.226 e. The van der Waals surface area contributed by atoms with Gasteiger partial charge in [-0.3, -0.25) is 4.79 Å². The summed E-state index contributed by atoms with van der Waals surface area (Å²) in [5, 5.41) is 3.42. The van der Waals surface area contributed by atoms with E-state index in [-0.39, 0.29) is 12.0 Å². The molecular formula is C16H26N2OS. The van der Waals surface area contributed by atoms with Crippen molar-refractivity contribution in [3.05, 3.63) is 21.9 Å². The lowest BCUT2D eigenvalue weighted by Crippen LogP contribution is -2.46. The molecule has 2 atom stereocenters. The molecule has 1 aliphatic rings. The Morgan fingerprint density at radius 3 is 2.80 bits per heavy atom. The minimum atomic E-state index is 0.190. The first-order chi connectivity index (χ1) is 9.47. The van der Waals surface area contributed by atoms with Crippen LogP contribution >= 0.6 is 11.3 Å². The molecule has 3 nitrogen and oxygen atoms in total. The first-order valence-electron chi connectivity index (χ1n) is 7.56. The van der Waals surface area contributed by atoms with Crippen LogP contribution in [0.1, 0.15) is 43.4 Å². The number of aryl methyl sites for hydroxylation is 1. The highest BCUT2D eigenvalue weighted by atomic mass is 32.1. The van der Waals surface area contributed by atoms with E-state index in [1.165, 1.54) is 9.75 Å². The van der Waals surface area contributed by atoms with E-state index in [0.29, 0.717) is 11.9 Å². The summed E-state index contributed by atoms with van der Waals surface area (Å²) in [6, 6.07) is 4.99. The number of nitrogens with one attached hydrogen (secondary N) is 1. The number of rotatable bonds is 4. The van der Waals surface area contributed by atoms with Crippen LogP contribution in [0.4, 0.5) is 0 Å². The Labute approximate surface area is 126 Å². The maximum Gasteiger partial charge on any atom is 0.226 e. The molecule has 0 saturated carbocycles. The van der Waals surface area contributed by atoms with Crippen LogP contribution in [-0.2, 0) is 11.3 Å². The molecule has 1 aromatic rings. The number of amides is 1. The van der Waals surface area contributed by atoms with Crippen LogP contribution in [0.15, 0.2) is 12.1 Å². The van der Waals surface area contributed by atoms with Gasteiger partial charge in [-0.05, 0) is 59.2 Å². The Hall–Kier alpha value is -0.870. The van der Waals surface area contributed by atoms with Crippen molar-refractivity contribution in [2.45, 2.75) is 59.2 Å². The molecule has 2 rings (SSSR count). The van der Waals surface area contributed by atoms with Crippen molar-refractivity contribution in [1.82, 2.24) is 10.2 Å². The Balaban J connectivity index is 2.05. The summed E-state index contributed by atoms with van der Waals surface area (Å²) >= 11 is 1.79. The number of thiophene rings is 1. The summed E-state index contributed by atoms with van der Waals surface area (Å²) in [5.41, 5.74) is 0. The van der Waals surface area contributed by atoms with E-state index in [1.54, 1.807) is 11.3 Å². The largest absolute Gasteiger partial charge is 0.335 e. The molecule has 0 spiro atoms. The molecule has 1 fully saturated rings. The summed E-state index contributed by atoms with van der Waals surface area (Å²) < 4.78 is 0. The zero-order chi connectivity index (χ0) is 14.7. The van der Waals surface area contributed by atoms with E-state index in [9.17, 15) is 4.79 Å². The van der Waals surface area contributed by atoms with Gasteiger partial charge in [0.05, 0.1) is 6.54 Å². The van der Waals surface area contributed by atoms with Gasteiger partial charge in [0.15, 0.2) is 0 Å². The first kappa shape index (κ1) is 15.5. The van der Waals surface area contributed by atoms with Gasteiger partial charge in [0, 0.05) is 27.8 Å². The molecule has 2 heterocycles. The molecule has 1 saturated heterocycles. The van der Waals surface area contributed by atoms with Crippen molar-refractivity contribution >= 4 is 17.2 Å². The van der Waals surface area contributed by atoms with Gasteiger partial charge in [-0.2, -0.15) is 0 Å². The summed E-state index contributed by atoms with van der Waals surface area (Å²) in [6.07, 6.45) is 1.93. The number of hydrogen-bond acceptors (Lipinski definition) is 3. The number of nitrogens with zero attached hydrogens (tertiary/aromatic N) is 1. The van der Waals surface area contributed by atoms with Crippen LogP contribution in [0.5, 0.6) is 0 Å². The van der Waals surface area contributed by atoms with Crippen LogP contribution in [-0.4, -0.2) is 29.4 Å². The van der Waals surface area contributed by atoms with Gasteiger partial charge in [0.2, 0.25) is 5.91 Å². The van der Waals surface area contributed by atoms with Gasteiger partial charge in [0.25, 0.3) is 0 Å². The highest BCUT2D eigenvalue weighted by Gasteiger charge is 2.29. The van der Waals surface area contributed by atoms with Crippen molar-refractivity contribution in [1.29, 1.82) is 0 Å². The van der Waals surface area contributed by atoms with E-state index in [0.717, 1.165) is 25.9 Å². The molecule has 0 bridgehead atoms. The van der Waals surface area contributed by atoms with Crippen LogP contribution in [0.25, 0.3) is 0 Å². The molecule has 4 heteroatoms. The minimum Gasteiger partial charge on any atom is -0.335 e.